The summed E-state index contributed by atoms with van der Waals surface area (Å²) in [5.74, 6) is 0.409. The molecule has 6 rings (SSSR count). The molecule has 128 valence electrons. The lowest BCUT2D eigenvalue weighted by Crippen LogP contribution is -1.86. The molecule has 5 nitrogen and oxygen atoms in total. The van der Waals surface area contributed by atoms with Crippen LogP contribution in [0.1, 0.15) is 0 Å². The maximum atomic E-state index is 13.8. The van der Waals surface area contributed by atoms with E-state index in [1.165, 1.54) is 12.1 Å². The van der Waals surface area contributed by atoms with E-state index < -0.39 is 0 Å². The number of rotatable bonds is 1. The Kier molecular flexibility index (Phi) is 2.72. The third kappa shape index (κ3) is 1.95. The number of hydrogen-bond acceptors (Lipinski definition) is 3. The summed E-state index contributed by atoms with van der Waals surface area (Å²) in [6.07, 6.45) is 5.38. The van der Waals surface area contributed by atoms with Crippen molar-refractivity contribution in [3.05, 3.63) is 66.9 Å². The average molecular weight is 353 g/mol. The van der Waals surface area contributed by atoms with Gasteiger partial charge in [-0.15, -0.1) is 0 Å². The fraction of sp³-hybridized carbons (Fsp3) is 0. The van der Waals surface area contributed by atoms with Crippen LogP contribution in [0, 0.1) is 5.82 Å². The maximum absolute atomic E-state index is 13.8. The van der Waals surface area contributed by atoms with Crippen molar-refractivity contribution in [2.45, 2.75) is 0 Å². The van der Waals surface area contributed by atoms with Crippen molar-refractivity contribution in [1.29, 1.82) is 0 Å². The molecule has 0 aliphatic rings. The molecule has 0 atom stereocenters. The second-order valence-corrected chi connectivity index (χ2v) is 6.50. The molecule has 0 bridgehead atoms. The number of fused-ring (bicyclic) bond motifs is 7. The first-order chi connectivity index (χ1) is 13.3. The van der Waals surface area contributed by atoms with Crippen LogP contribution in [0.25, 0.3) is 55.1 Å². The van der Waals surface area contributed by atoms with Crippen molar-refractivity contribution < 1.29 is 4.39 Å². The van der Waals surface area contributed by atoms with Gasteiger partial charge in [-0.3, -0.25) is 9.97 Å². The number of nitrogens with zero attached hydrogens (tertiary/aromatic N) is 3. The van der Waals surface area contributed by atoms with Crippen LogP contribution in [0.3, 0.4) is 0 Å². The summed E-state index contributed by atoms with van der Waals surface area (Å²) < 4.78 is 13.8. The number of aromatic nitrogens is 5. The Hall–Kier alpha value is -3.80. The van der Waals surface area contributed by atoms with Crippen molar-refractivity contribution in [1.82, 2.24) is 24.9 Å². The Morgan fingerprint density at radius 3 is 2.44 bits per heavy atom. The number of H-pyrrole nitrogens is 2. The van der Waals surface area contributed by atoms with Crippen LogP contribution in [0.5, 0.6) is 0 Å². The predicted octanol–water partition coefficient (Wildman–Crippen LogP) is 4.95. The maximum Gasteiger partial charge on any atom is 0.140 e. The lowest BCUT2D eigenvalue weighted by Gasteiger charge is -2.03. The lowest BCUT2D eigenvalue weighted by atomic mass is 10.1. The molecule has 0 fully saturated rings. The Bertz CT molecular complexity index is 1420. The van der Waals surface area contributed by atoms with E-state index in [-0.39, 0.29) is 5.82 Å². The molecule has 0 aliphatic carbocycles. The van der Waals surface area contributed by atoms with Crippen LogP contribution < -0.4 is 0 Å². The van der Waals surface area contributed by atoms with E-state index in [1.807, 2.05) is 30.5 Å². The number of benzene rings is 2. The minimum absolute atomic E-state index is 0.274. The quantitative estimate of drug-likeness (QED) is 0.411. The number of hydrogen-bond donors (Lipinski definition) is 2. The van der Waals surface area contributed by atoms with Gasteiger partial charge in [0.25, 0.3) is 0 Å². The molecule has 27 heavy (non-hydrogen) atoms. The van der Waals surface area contributed by atoms with E-state index in [0.29, 0.717) is 5.82 Å². The van der Waals surface area contributed by atoms with Gasteiger partial charge < -0.3 is 9.97 Å². The molecule has 0 radical (unpaired) electrons. The Morgan fingerprint density at radius 1 is 0.815 bits per heavy atom. The van der Waals surface area contributed by atoms with Gasteiger partial charge in [-0.1, -0.05) is 0 Å². The molecule has 0 aliphatic heterocycles. The zero-order valence-corrected chi connectivity index (χ0v) is 14.0. The largest absolute Gasteiger partial charge is 0.360 e. The normalized spacial score (nSPS) is 11.9. The monoisotopic (exact) mass is 353 g/mol. The van der Waals surface area contributed by atoms with E-state index in [0.717, 1.165) is 49.3 Å². The second kappa shape index (κ2) is 5.11. The predicted molar refractivity (Wildman–Crippen MR) is 104 cm³/mol. The molecule has 0 spiro atoms. The summed E-state index contributed by atoms with van der Waals surface area (Å²) in [5, 5.41) is 2.69. The van der Waals surface area contributed by atoms with Gasteiger partial charge in [-0.2, -0.15) is 0 Å². The van der Waals surface area contributed by atoms with Crippen molar-refractivity contribution >= 4 is 43.7 Å². The first-order valence-corrected chi connectivity index (χ1v) is 8.58. The average Bonchev–Trinajstić information content (AvgIpc) is 3.32. The minimum atomic E-state index is -0.274. The third-order valence-electron chi connectivity index (χ3n) is 4.97. The summed E-state index contributed by atoms with van der Waals surface area (Å²) in [6.45, 7) is 0. The number of imidazole rings is 1. The van der Waals surface area contributed by atoms with E-state index in [1.54, 1.807) is 18.5 Å². The molecule has 0 unspecified atom stereocenters. The molecule has 2 aromatic carbocycles. The molecule has 4 heterocycles. The molecule has 0 saturated heterocycles. The minimum Gasteiger partial charge on any atom is -0.360 e. The fourth-order valence-corrected chi connectivity index (χ4v) is 3.76. The van der Waals surface area contributed by atoms with Gasteiger partial charge in [-0.05, 0) is 42.5 Å². The molecular weight excluding hydrogens is 341 g/mol. The number of nitrogens with one attached hydrogen (secondary N) is 2. The van der Waals surface area contributed by atoms with Gasteiger partial charge in [0.2, 0.25) is 0 Å². The van der Waals surface area contributed by atoms with Gasteiger partial charge in [0, 0.05) is 45.8 Å². The van der Waals surface area contributed by atoms with Gasteiger partial charge >= 0.3 is 0 Å². The topological polar surface area (TPSA) is 70.2 Å². The summed E-state index contributed by atoms with van der Waals surface area (Å²) in [6, 6.07) is 12.5. The number of pyridine rings is 2. The van der Waals surface area contributed by atoms with Crippen molar-refractivity contribution in [3.8, 4) is 11.4 Å². The highest BCUT2D eigenvalue weighted by Gasteiger charge is 2.16. The third-order valence-corrected chi connectivity index (χ3v) is 4.97. The number of aromatic amines is 2. The van der Waals surface area contributed by atoms with Gasteiger partial charge in [0.1, 0.15) is 11.6 Å². The zero-order chi connectivity index (χ0) is 18.0. The lowest BCUT2D eigenvalue weighted by molar-refractivity contribution is 0.630. The first kappa shape index (κ1) is 14.4. The Morgan fingerprint density at radius 2 is 1.59 bits per heavy atom. The van der Waals surface area contributed by atoms with E-state index in [2.05, 4.69) is 19.9 Å². The first-order valence-electron chi connectivity index (χ1n) is 8.58. The van der Waals surface area contributed by atoms with Crippen LogP contribution in [-0.4, -0.2) is 24.9 Å². The summed E-state index contributed by atoms with van der Waals surface area (Å²) >= 11 is 0. The number of halogens is 1. The zero-order valence-electron chi connectivity index (χ0n) is 14.0. The molecule has 0 amide bonds. The van der Waals surface area contributed by atoms with E-state index in [4.69, 9.17) is 4.98 Å². The molecule has 6 heteroatoms. The molecule has 0 saturated carbocycles. The molecule has 4 aromatic heterocycles. The SMILES string of the molecule is Fc1ccc2[nH]cc(-c3nc4c5cccnc5c5ncccc5c4[nH]3)c2c1. The molecule has 2 N–H and O–H groups in total. The molecule has 6 aromatic rings. The van der Waals surface area contributed by atoms with Crippen LogP contribution >= 0.6 is 0 Å². The Labute approximate surface area is 151 Å². The van der Waals surface area contributed by atoms with Gasteiger partial charge in [-0.25, -0.2) is 9.37 Å². The summed E-state index contributed by atoms with van der Waals surface area (Å²) in [4.78, 5) is 20.5. The summed E-state index contributed by atoms with van der Waals surface area (Å²) in [5.41, 5.74) is 5.09. The van der Waals surface area contributed by atoms with Gasteiger partial charge in [0.15, 0.2) is 0 Å². The molecular formula is C21H12FN5. The smallest absolute Gasteiger partial charge is 0.140 e. The highest BCUT2D eigenvalue weighted by molar-refractivity contribution is 6.21. The Balaban J connectivity index is 1.76. The summed E-state index contributed by atoms with van der Waals surface area (Å²) in [7, 11) is 0. The van der Waals surface area contributed by atoms with Crippen LogP contribution in [0.4, 0.5) is 4.39 Å². The van der Waals surface area contributed by atoms with E-state index >= 15 is 0 Å². The van der Waals surface area contributed by atoms with Crippen LogP contribution in [-0.2, 0) is 0 Å². The van der Waals surface area contributed by atoms with Crippen molar-refractivity contribution in [3.63, 3.8) is 0 Å². The van der Waals surface area contributed by atoms with Crippen LogP contribution in [0.2, 0.25) is 0 Å². The van der Waals surface area contributed by atoms with E-state index in [9.17, 15) is 4.39 Å². The highest BCUT2D eigenvalue weighted by atomic mass is 19.1. The highest BCUT2D eigenvalue weighted by Crippen LogP contribution is 2.35. The second-order valence-electron chi connectivity index (χ2n) is 6.50. The van der Waals surface area contributed by atoms with Gasteiger partial charge in [0.05, 0.1) is 22.1 Å². The van der Waals surface area contributed by atoms with Crippen LogP contribution in [0.15, 0.2) is 61.1 Å². The van der Waals surface area contributed by atoms with Crippen molar-refractivity contribution in [2.24, 2.45) is 0 Å². The standard InChI is InChI=1S/C21H12FN5/c22-11-5-6-16-14(9-11)15(10-25-16)21-26-19-12-3-1-7-23-17(12)18-13(20(19)27-21)4-2-8-24-18/h1-10,25H,(H,26,27). The fourth-order valence-electron chi connectivity index (χ4n) is 3.76. The van der Waals surface area contributed by atoms with Crippen molar-refractivity contribution in [2.75, 3.05) is 0 Å².